The highest BCUT2D eigenvalue weighted by Gasteiger charge is 2.49. The van der Waals surface area contributed by atoms with Gasteiger partial charge in [0.05, 0.1) is 5.56 Å². The van der Waals surface area contributed by atoms with Gasteiger partial charge in [-0.3, -0.25) is 4.21 Å². The zero-order valence-electron chi connectivity index (χ0n) is 18.9. The Labute approximate surface area is 206 Å². The zero-order chi connectivity index (χ0) is 24.0. The maximum absolute atomic E-state index is 14.3. The Morgan fingerprint density at radius 3 is 2.46 bits per heavy atom. The Balaban J connectivity index is 0.00000289. The number of fused-ring (bicyclic) bond motifs is 2. The molecule has 35 heavy (non-hydrogen) atoms. The smallest absolute Gasteiger partial charge is 0.410 e. The second-order valence-corrected chi connectivity index (χ2v) is 10.3. The molecule has 11 heteroatoms. The number of halogens is 1. The van der Waals surface area contributed by atoms with Crippen LogP contribution in [0.25, 0.3) is 0 Å². The summed E-state index contributed by atoms with van der Waals surface area (Å²) in [5, 5.41) is 0. The second kappa shape index (κ2) is 9.69. The number of ether oxygens (including phenoxy) is 3. The van der Waals surface area contributed by atoms with Crippen molar-refractivity contribution in [2.75, 3.05) is 0 Å². The maximum atomic E-state index is 14.3. The minimum atomic E-state index is -2.54. The molecule has 1 aliphatic carbocycles. The SMILES string of the molecule is C.Cc1c(Oc2ccc(S(=O)[O-])cc2F)ncnc1OC1C[C@@H]2CC[C@@H](C1)N2C(=O)OC1(C)CC1. The quantitative estimate of drug-likeness (QED) is 0.520. The van der Waals surface area contributed by atoms with Crippen molar-refractivity contribution in [3.8, 4) is 17.5 Å². The van der Waals surface area contributed by atoms with Crippen LogP contribution in [0, 0.1) is 12.7 Å². The van der Waals surface area contributed by atoms with Crippen molar-refractivity contribution in [2.24, 2.45) is 0 Å². The summed E-state index contributed by atoms with van der Waals surface area (Å²) in [4.78, 5) is 22.7. The Kier molecular flexibility index (Phi) is 7.01. The van der Waals surface area contributed by atoms with Gasteiger partial charge in [-0.1, -0.05) is 7.43 Å². The third-order valence-electron chi connectivity index (χ3n) is 6.76. The van der Waals surface area contributed by atoms with E-state index in [0.717, 1.165) is 31.7 Å². The number of nitrogens with zero attached hydrogens (tertiary/aromatic N) is 3. The molecule has 2 aliphatic heterocycles. The van der Waals surface area contributed by atoms with Gasteiger partial charge in [0.25, 0.3) is 0 Å². The largest absolute Gasteiger partial charge is 0.768 e. The lowest BCUT2D eigenvalue weighted by molar-refractivity contribution is 0.0114. The normalized spacial score (nSPS) is 24.8. The number of amides is 1. The van der Waals surface area contributed by atoms with E-state index >= 15 is 0 Å². The van der Waals surface area contributed by atoms with E-state index in [1.54, 1.807) is 6.92 Å². The van der Waals surface area contributed by atoms with Crippen LogP contribution in [0.1, 0.15) is 58.4 Å². The minimum Gasteiger partial charge on any atom is -0.768 e. The van der Waals surface area contributed by atoms with Crippen molar-refractivity contribution in [3.63, 3.8) is 0 Å². The average molecular weight is 507 g/mol. The van der Waals surface area contributed by atoms with Crippen molar-refractivity contribution in [3.05, 3.63) is 35.9 Å². The highest BCUT2D eigenvalue weighted by atomic mass is 32.2. The van der Waals surface area contributed by atoms with Crippen molar-refractivity contribution in [1.29, 1.82) is 0 Å². The van der Waals surface area contributed by atoms with Crippen LogP contribution in [0.3, 0.4) is 0 Å². The van der Waals surface area contributed by atoms with Gasteiger partial charge < -0.3 is 23.7 Å². The van der Waals surface area contributed by atoms with Crippen molar-refractivity contribution in [2.45, 2.75) is 88.5 Å². The summed E-state index contributed by atoms with van der Waals surface area (Å²) >= 11 is -2.54. The predicted octanol–water partition coefficient (Wildman–Crippen LogP) is 4.65. The minimum absolute atomic E-state index is 0. The summed E-state index contributed by atoms with van der Waals surface area (Å²) in [6.45, 7) is 3.67. The molecule has 9 nitrogen and oxygen atoms in total. The van der Waals surface area contributed by atoms with Crippen LogP contribution in [0.4, 0.5) is 9.18 Å². The third-order valence-corrected chi connectivity index (χ3v) is 7.40. The van der Waals surface area contributed by atoms with E-state index < -0.39 is 16.9 Å². The maximum Gasteiger partial charge on any atom is 0.410 e. The van der Waals surface area contributed by atoms with Crippen molar-refractivity contribution < 1.29 is 32.2 Å². The Hall–Kier alpha value is -2.79. The molecule has 1 aromatic heterocycles. The number of carbonyl (C=O) groups excluding carboxylic acids is 1. The van der Waals surface area contributed by atoms with Crippen LogP contribution in [-0.4, -0.2) is 53.5 Å². The molecule has 0 N–H and O–H groups in total. The van der Waals surface area contributed by atoms with Crippen LogP contribution in [-0.2, 0) is 15.8 Å². The van der Waals surface area contributed by atoms with E-state index in [1.807, 2.05) is 11.8 Å². The summed E-state index contributed by atoms with van der Waals surface area (Å²) in [7, 11) is 0. The molecule has 2 aromatic rings. The summed E-state index contributed by atoms with van der Waals surface area (Å²) in [6, 6.07) is 3.49. The van der Waals surface area contributed by atoms with Gasteiger partial charge in [0.2, 0.25) is 11.8 Å². The Morgan fingerprint density at radius 2 is 1.86 bits per heavy atom. The van der Waals surface area contributed by atoms with Gasteiger partial charge in [-0.15, -0.1) is 0 Å². The second-order valence-electron chi connectivity index (χ2n) is 9.36. The number of rotatable bonds is 6. The summed E-state index contributed by atoms with van der Waals surface area (Å²) in [5.74, 6) is -0.538. The Bertz CT molecular complexity index is 1130. The molecule has 0 radical (unpaired) electrons. The average Bonchev–Trinajstić information content (AvgIpc) is 3.44. The van der Waals surface area contributed by atoms with E-state index in [0.29, 0.717) is 24.3 Å². The van der Waals surface area contributed by atoms with Gasteiger partial charge in [-0.05, 0) is 68.8 Å². The molecule has 1 saturated carbocycles. The first kappa shape index (κ1) is 25.3. The fourth-order valence-electron chi connectivity index (χ4n) is 4.63. The lowest BCUT2D eigenvalue weighted by Crippen LogP contribution is -2.50. The van der Waals surface area contributed by atoms with Crippen LogP contribution in [0.5, 0.6) is 17.5 Å². The van der Waals surface area contributed by atoms with Crippen molar-refractivity contribution >= 4 is 17.2 Å². The first-order valence-corrected chi connectivity index (χ1v) is 12.4. The molecule has 3 heterocycles. The van der Waals surface area contributed by atoms with Gasteiger partial charge in [0.15, 0.2) is 11.6 Å². The number of piperidine rings is 1. The van der Waals surface area contributed by atoms with E-state index in [9.17, 15) is 17.9 Å². The topological polar surface area (TPSA) is 114 Å². The van der Waals surface area contributed by atoms with Crippen LogP contribution >= 0.6 is 0 Å². The van der Waals surface area contributed by atoms with Gasteiger partial charge in [0, 0.05) is 29.8 Å². The number of benzene rings is 1. The highest BCUT2D eigenvalue weighted by molar-refractivity contribution is 7.79. The standard InChI is InChI=1S/C23H26FN3O6S.CH4/c1-13-20(25-12-26-21(13)32-19-6-5-17(34(29)30)11-18(19)24)31-16-9-14-3-4-15(10-16)27(14)22(28)33-23(2)7-8-23;/h5-6,11-12,14-16H,3-4,7-10H2,1-2H3,(H,29,30);1H4/p-1/t14-,15-;/m0./s1. The Morgan fingerprint density at radius 1 is 1.20 bits per heavy atom. The molecule has 190 valence electrons. The first-order valence-electron chi connectivity index (χ1n) is 11.3. The fourth-order valence-corrected chi connectivity index (χ4v) is 5.01. The molecule has 3 aliphatic rings. The summed E-state index contributed by atoms with van der Waals surface area (Å²) < 4.78 is 53.8. The van der Waals surface area contributed by atoms with E-state index in [2.05, 4.69) is 9.97 Å². The van der Waals surface area contributed by atoms with E-state index in [1.165, 1.54) is 18.5 Å². The van der Waals surface area contributed by atoms with Crippen LogP contribution < -0.4 is 9.47 Å². The number of aromatic nitrogens is 2. The summed E-state index contributed by atoms with van der Waals surface area (Å²) in [5.41, 5.74) is 0.193. The van der Waals surface area contributed by atoms with E-state index in [4.69, 9.17) is 14.2 Å². The molecule has 3 atom stereocenters. The lowest BCUT2D eigenvalue weighted by atomic mass is 10.0. The van der Waals surface area contributed by atoms with Crippen molar-refractivity contribution in [1.82, 2.24) is 14.9 Å². The molecule has 0 spiro atoms. The fraction of sp³-hybridized carbons (Fsp3) is 0.542. The van der Waals surface area contributed by atoms with Gasteiger partial charge in [0.1, 0.15) is 18.0 Å². The molecule has 2 bridgehead atoms. The van der Waals surface area contributed by atoms with Gasteiger partial charge in [-0.25, -0.2) is 19.2 Å². The lowest BCUT2D eigenvalue weighted by Gasteiger charge is -2.38. The summed E-state index contributed by atoms with van der Waals surface area (Å²) in [6.07, 6.45) is 5.90. The van der Waals surface area contributed by atoms with Gasteiger partial charge >= 0.3 is 6.09 Å². The molecule has 1 aromatic carbocycles. The van der Waals surface area contributed by atoms with Crippen LogP contribution in [0.2, 0.25) is 0 Å². The number of hydrogen-bond acceptors (Lipinski definition) is 8. The third kappa shape index (κ3) is 5.25. The van der Waals surface area contributed by atoms with Gasteiger partial charge in [-0.2, -0.15) is 0 Å². The predicted molar refractivity (Wildman–Crippen MR) is 124 cm³/mol. The molecule has 2 saturated heterocycles. The highest BCUT2D eigenvalue weighted by Crippen LogP contribution is 2.43. The van der Waals surface area contributed by atoms with E-state index in [-0.39, 0.29) is 53.8 Å². The molecular formula is C24H29FN3O6S-. The number of hydrogen-bond donors (Lipinski definition) is 0. The zero-order valence-corrected chi connectivity index (χ0v) is 19.7. The molecule has 1 unspecified atom stereocenters. The molecule has 1 amide bonds. The number of carbonyl (C=O) groups is 1. The molecule has 3 fully saturated rings. The molecular weight excluding hydrogens is 477 g/mol. The first-order chi connectivity index (χ1) is 16.2. The molecule has 5 rings (SSSR count). The monoisotopic (exact) mass is 506 g/mol. The van der Waals surface area contributed by atoms with Crippen LogP contribution in [0.15, 0.2) is 29.4 Å².